The summed E-state index contributed by atoms with van der Waals surface area (Å²) in [6.07, 6.45) is 5.55. The summed E-state index contributed by atoms with van der Waals surface area (Å²) < 4.78 is 26.4. The maximum absolute atomic E-state index is 12.6. The summed E-state index contributed by atoms with van der Waals surface area (Å²) in [5.41, 5.74) is 2.68. The summed E-state index contributed by atoms with van der Waals surface area (Å²) in [7, 11) is -3.39. The second-order valence-electron chi connectivity index (χ2n) is 7.40. The molecule has 0 bridgehead atoms. The van der Waals surface area contributed by atoms with Crippen LogP contribution >= 0.6 is 0 Å². The van der Waals surface area contributed by atoms with Crippen molar-refractivity contribution in [2.45, 2.75) is 39.0 Å². The van der Waals surface area contributed by atoms with Crippen molar-refractivity contribution in [3.05, 3.63) is 54.1 Å². The number of carbonyl (C=O) groups is 1. The predicted molar refractivity (Wildman–Crippen MR) is 119 cm³/mol. The monoisotopic (exact) mass is 415 g/mol. The van der Waals surface area contributed by atoms with Crippen LogP contribution in [0.1, 0.15) is 49.4 Å². The molecule has 1 fully saturated rings. The van der Waals surface area contributed by atoms with Gasteiger partial charge < -0.3 is 10.2 Å². The SMILES string of the molecule is CCCS(=O)(=O)Nc1cccc(C(=O)Nc2ccc(N3CCCCCC3)cc2)c1. The topological polar surface area (TPSA) is 78.5 Å². The molecular formula is C22H29N3O3S. The van der Waals surface area contributed by atoms with Gasteiger partial charge in [-0.1, -0.05) is 25.8 Å². The van der Waals surface area contributed by atoms with Crippen LogP contribution in [0, 0.1) is 0 Å². The Hall–Kier alpha value is -2.54. The molecule has 29 heavy (non-hydrogen) atoms. The molecular weight excluding hydrogens is 386 g/mol. The number of carbonyl (C=O) groups excluding carboxylic acids is 1. The highest BCUT2D eigenvalue weighted by Crippen LogP contribution is 2.22. The molecule has 0 atom stereocenters. The molecule has 1 heterocycles. The number of nitrogens with zero attached hydrogens (tertiary/aromatic N) is 1. The summed E-state index contributed by atoms with van der Waals surface area (Å²) in [5, 5.41) is 2.88. The molecule has 2 N–H and O–H groups in total. The lowest BCUT2D eigenvalue weighted by Crippen LogP contribution is -2.23. The van der Waals surface area contributed by atoms with Crippen LogP contribution in [0.15, 0.2) is 48.5 Å². The molecule has 3 rings (SSSR count). The fraction of sp³-hybridized carbons (Fsp3) is 0.409. The molecule has 0 radical (unpaired) electrons. The quantitative estimate of drug-likeness (QED) is 0.699. The van der Waals surface area contributed by atoms with Gasteiger partial charge in [-0.15, -0.1) is 0 Å². The van der Waals surface area contributed by atoms with Gasteiger partial charge in [-0.05, 0) is 61.7 Å². The number of amides is 1. The maximum Gasteiger partial charge on any atom is 0.255 e. The first-order valence-electron chi connectivity index (χ1n) is 10.2. The average Bonchev–Trinajstić information content (AvgIpc) is 2.98. The van der Waals surface area contributed by atoms with Crippen molar-refractivity contribution >= 4 is 33.0 Å². The Morgan fingerprint density at radius 1 is 0.966 bits per heavy atom. The number of anilines is 3. The standard InChI is InChI=1S/C22H29N3O3S/c1-2-16-29(27,28)24-20-9-7-8-18(17-20)22(26)23-19-10-12-21(13-11-19)25-14-5-3-4-6-15-25/h7-13,17,24H,2-6,14-16H2,1H3,(H,23,26). The zero-order valence-electron chi connectivity index (χ0n) is 16.9. The third-order valence-corrected chi connectivity index (χ3v) is 6.46. The van der Waals surface area contributed by atoms with Gasteiger partial charge in [-0.3, -0.25) is 9.52 Å². The van der Waals surface area contributed by atoms with Crippen LogP contribution in [0.25, 0.3) is 0 Å². The molecule has 156 valence electrons. The van der Waals surface area contributed by atoms with Gasteiger partial charge in [0.2, 0.25) is 10.0 Å². The molecule has 1 aliphatic rings. The molecule has 7 heteroatoms. The number of hydrogen-bond donors (Lipinski definition) is 2. The van der Waals surface area contributed by atoms with Gasteiger partial charge in [-0.25, -0.2) is 8.42 Å². The van der Waals surface area contributed by atoms with E-state index in [1.807, 2.05) is 24.3 Å². The van der Waals surface area contributed by atoms with Crippen LogP contribution in [0.4, 0.5) is 17.1 Å². The van der Waals surface area contributed by atoms with Crippen LogP contribution in [0.2, 0.25) is 0 Å². The summed E-state index contributed by atoms with van der Waals surface area (Å²) in [6, 6.07) is 14.4. The number of rotatable bonds is 7. The van der Waals surface area contributed by atoms with Gasteiger partial charge in [-0.2, -0.15) is 0 Å². The first kappa shape index (κ1) is 21.2. The van der Waals surface area contributed by atoms with Crippen molar-refractivity contribution in [1.82, 2.24) is 0 Å². The second-order valence-corrected chi connectivity index (χ2v) is 9.25. The third-order valence-electron chi connectivity index (χ3n) is 4.97. The molecule has 6 nitrogen and oxygen atoms in total. The minimum atomic E-state index is -3.39. The largest absolute Gasteiger partial charge is 0.372 e. The lowest BCUT2D eigenvalue weighted by molar-refractivity contribution is 0.102. The fourth-order valence-electron chi connectivity index (χ4n) is 3.51. The fourth-order valence-corrected chi connectivity index (χ4v) is 4.64. The van der Waals surface area contributed by atoms with Crippen molar-refractivity contribution in [1.29, 1.82) is 0 Å². The molecule has 2 aromatic rings. The Morgan fingerprint density at radius 3 is 2.31 bits per heavy atom. The Kier molecular flexibility index (Phi) is 7.14. The Bertz CT molecular complexity index is 919. The summed E-state index contributed by atoms with van der Waals surface area (Å²) in [4.78, 5) is 15.0. The molecule has 0 spiro atoms. The summed E-state index contributed by atoms with van der Waals surface area (Å²) in [6.45, 7) is 3.96. The van der Waals surface area contributed by atoms with E-state index in [4.69, 9.17) is 0 Å². The highest BCUT2D eigenvalue weighted by atomic mass is 32.2. The van der Waals surface area contributed by atoms with E-state index in [0.29, 0.717) is 23.4 Å². The lowest BCUT2D eigenvalue weighted by Gasteiger charge is -2.22. The van der Waals surface area contributed by atoms with Crippen LogP contribution < -0.4 is 14.9 Å². The molecule has 1 amide bonds. The van der Waals surface area contributed by atoms with Crippen molar-refractivity contribution < 1.29 is 13.2 Å². The third kappa shape index (κ3) is 6.22. The number of hydrogen-bond acceptors (Lipinski definition) is 4. The van der Waals surface area contributed by atoms with E-state index < -0.39 is 10.0 Å². The molecule has 2 aromatic carbocycles. The van der Waals surface area contributed by atoms with Crippen molar-refractivity contribution in [3.63, 3.8) is 0 Å². The average molecular weight is 416 g/mol. The summed E-state index contributed by atoms with van der Waals surface area (Å²) in [5.74, 6) is -0.226. The second kappa shape index (κ2) is 9.78. The molecule has 0 unspecified atom stereocenters. The minimum absolute atomic E-state index is 0.0484. The van der Waals surface area contributed by atoms with Crippen LogP contribution in [-0.4, -0.2) is 33.2 Å². The molecule has 0 aliphatic carbocycles. The lowest BCUT2D eigenvalue weighted by atomic mass is 10.2. The summed E-state index contributed by atoms with van der Waals surface area (Å²) >= 11 is 0. The van der Waals surface area contributed by atoms with E-state index in [9.17, 15) is 13.2 Å². The van der Waals surface area contributed by atoms with Gasteiger partial charge in [0.1, 0.15) is 0 Å². The van der Waals surface area contributed by atoms with Crippen molar-refractivity contribution in [2.24, 2.45) is 0 Å². The normalized spacial score (nSPS) is 14.9. The first-order valence-corrected chi connectivity index (χ1v) is 11.9. The highest BCUT2D eigenvalue weighted by molar-refractivity contribution is 7.92. The van der Waals surface area contributed by atoms with Crippen LogP contribution in [0.5, 0.6) is 0 Å². The van der Waals surface area contributed by atoms with E-state index in [-0.39, 0.29) is 11.7 Å². The van der Waals surface area contributed by atoms with Crippen molar-refractivity contribution in [2.75, 3.05) is 33.8 Å². The van der Waals surface area contributed by atoms with Gasteiger partial charge in [0.25, 0.3) is 5.91 Å². The van der Waals surface area contributed by atoms with E-state index in [0.717, 1.165) is 13.1 Å². The number of nitrogens with one attached hydrogen (secondary N) is 2. The van der Waals surface area contributed by atoms with E-state index in [2.05, 4.69) is 14.9 Å². The highest BCUT2D eigenvalue weighted by Gasteiger charge is 2.13. The van der Waals surface area contributed by atoms with Gasteiger partial charge >= 0.3 is 0 Å². The smallest absolute Gasteiger partial charge is 0.255 e. The molecule has 1 saturated heterocycles. The molecule has 0 aromatic heterocycles. The predicted octanol–water partition coefficient (Wildman–Crippen LogP) is 4.47. The zero-order chi connectivity index (χ0) is 20.7. The molecule has 1 aliphatic heterocycles. The van der Waals surface area contributed by atoms with E-state index >= 15 is 0 Å². The van der Waals surface area contributed by atoms with E-state index in [1.54, 1.807) is 31.2 Å². The van der Waals surface area contributed by atoms with Gasteiger partial charge in [0.15, 0.2) is 0 Å². The van der Waals surface area contributed by atoms with Gasteiger partial charge in [0, 0.05) is 35.7 Å². The zero-order valence-corrected chi connectivity index (χ0v) is 17.7. The Labute approximate surface area is 173 Å². The number of benzene rings is 2. The van der Waals surface area contributed by atoms with Crippen molar-refractivity contribution in [3.8, 4) is 0 Å². The number of sulfonamides is 1. The van der Waals surface area contributed by atoms with Crippen LogP contribution in [0.3, 0.4) is 0 Å². The van der Waals surface area contributed by atoms with E-state index in [1.165, 1.54) is 31.4 Å². The Balaban J connectivity index is 1.65. The van der Waals surface area contributed by atoms with Crippen LogP contribution in [-0.2, 0) is 10.0 Å². The van der Waals surface area contributed by atoms with Gasteiger partial charge in [0.05, 0.1) is 5.75 Å². The maximum atomic E-state index is 12.6. The first-order chi connectivity index (χ1) is 14.0. The minimum Gasteiger partial charge on any atom is -0.372 e. The molecule has 0 saturated carbocycles. The Morgan fingerprint density at radius 2 is 1.66 bits per heavy atom.